The zero-order valence-corrected chi connectivity index (χ0v) is 4.42. The van der Waals surface area contributed by atoms with E-state index in [1.807, 2.05) is 12.2 Å². The first-order valence-electron chi connectivity index (χ1n) is 2.34. The molecule has 1 aliphatic rings. The fraction of sp³-hybridized carbons (Fsp3) is 0. The van der Waals surface area contributed by atoms with E-state index < -0.39 is 0 Å². The van der Waals surface area contributed by atoms with Gasteiger partial charge in [-0.15, -0.1) is 0 Å². The van der Waals surface area contributed by atoms with E-state index in [4.69, 9.17) is 4.42 Å². The molecule has 0 saturated heterocycles. The molecule has 1 heterocycles. The fourth-order valence-electron chi connectivity index (χ4n) is 0.461. The third kappa shape index (κ3) is 0.936. The molecule has 0 spiro atoms. The summed E-state index contributed by atoms with van der Waals surface area (Å²) < 4.78 is 4.89. The summed E-state index contributed by atoms with van der Waals surface area (Å²) in [6.07, 6.45) is 9.59. The van der Waals surface area contributed by atoms with Crippen LogP contribution < -0.4 is 0 Å². The van der Waals surface area contributed by atoms with Crippen LogP contribution in [-0.4, -0.2) is 6.29 Å². The van der Waals surface area contributed by atoms with Gasteiger partial charge in [0.2, 0.25) is 5.76 Å². The van der Waals surface area contributed by atoms with Gasteiger partial charge in [-0.25, -0.2) is 4.42 Å². The second kappa shape index (κ2) is 2.26. The summed E-state index contributed by atoms with van der Waals surface area (Å²) in [5.74, 6) is 0.722. The highest BCUT2D eigenvalue weighted by atomic mass is 16.4. The Morgan fingerprint density at radius 2 is 2.62 bits per heavy atom. The number of allylic oxidation sites excluding steroid dienone is 4. The van der Waals surface area contributed by atoms with Gasteiger partial charge in [0.15, 0.2) is 0 Å². The summed E-state index contributed by atoms with van der Waals surface area (Å²) in [4.78, 5) is 0. The first-order chi connectivity index (χ1) is 3.93. The zero-order chi connectivity index (χ0) is 5.82. The number of rotatable bonds is 1. The van der Waals surface area contributed by atoms with Crippen molar-refractivity contribution in [2.45, 2.75) is 0 Å². The Hall–Kier alpha value is -1.11. The van der Waals surface area contributed by atoms with E-state index in [1.165, 1.54) is 0 Å². The van der Waals surface area contributed by atoms with Gasteiger partial charge in [-0.3, -0.25) is 0 Å². The average molecular weight is 106 g/mol. The molecule has 0 fully saturated rings. The fourth-order valence-corrected chi connectivity index (χ4v) is 0.461. The van der Waals surface area contributed by atoms with E-state index >= 15 is 0 Å². The molecule has 0 aliphatic carbocycles. The van der Waals surface area contributed by atoms with Crippen molar-refractivity contribution >= 4 is 6.29 Å². The molecule has 0 radical (unpaired) electrons. The molecule has 0 aromatic carbocycles. The number of carbonyl (C=O) groups excluding carboxylic acids is 1. The summed E-state index contributed by atoms with van der Waals surface area (Å²) in [7, 11) is 0. The van der Waals surface area contributed by atoms with Crippen molar-refractivity contribution in [2.75, 3.05) is 0 Å². The number of aldehydes is 1. The minimum absolute atomic E-state index is 0.722. The van der Waals surface area contributed by atoms with Gasteiger partial charge in [-0.05, 0) is 12.2 Å². The summed E-state index contributed by atoms with van der Waals surface area (Å²) in [5, 5.41) is 0. The van der Waals surface area contributed by atoms with Gasteiger partial charge in [-0.1, -0.05) is 6.08 Å². The van der Waals surface area contributed by atoms with Crippen molar-refractivity contribution in [1.29, 1.82) is 0 Å². The molecule has 0 aromatic heterocycles. The molecule has 1 rings (SSSR count). The van der Waals surface area contributed by atoms with Crippen molar-refractivity contribution in [3.8, 4) is 0 Å². The van der Waals surface area contributed by atoms with E-state index in [0.29, 0.717) is 0 Å². The van der Waals surface area contributed by atoms with Gasteiger partial charge in [0.25, 0.3) is 0 Å². The van der Waals surface area contributed by atoms with Crippen LogP contribution in [0.1, 0.15) is 0 Å². The van der Waals surface area contributed by atoms with Gasteiger partial charge in [-0.2, -0.15) is 12.7 Å². The first kappa shape index (κ1) is 5.04. The monoisotopic (exact) mass is 106 g/mol. The molecule has 1 heteroatoms. The van der Waals surface area contributed by atoms with Crippen LogP contribution in [0.25, 0.3) is 0 Å². The number of hydrogen-bond acceptors (Lipinski definition) is 0. The van der Waals surface area contributed by atoms with E-state index in [0.717, 1.165) is 5.76 Å². The molecule has 0 aromatic rings. The van der Waals surface area contributed by atoms with Crippen LogP contribution in [0.3, 0.4) is 0 Å². The van der Waals surface area contributed by atoms with Gasteiger partial charge >= 0.3 is 6.29 Å². The van der Waals surface area contributed by atoms with Gasteiger partial charge in [0, 0.05) is 0 Å². The van der Waals surface area contributed by atoms with Crippen molar-refractivity contribution < 1.29 is 4.42 Å². The van der Waals surface area contributed by atoms with E-state index in [1.54, 1.807) is 12.4 Å². The Balaban J connectivity index is 2.74. The largest absolute Gasteiger partial charge is 0.303 e. The first-order valence-corrected chi connectivity index (χ1v) is 2.34. The van der Waals surface area contributed by atoms with E-state index in [9.17, 15) is 0 Å². The maximum atomic E-state index is 4.89. The van der Waals surface area contributed by atoms with Crippen LogP contribution in [0, 0.1) is 6.08 Å². The molecule has 0 bridgehead atoms. The Labute approximate surface area is 48.3 Å². The maximum Gasteiger partial charge on any atom is 0.303 e. The molecule has 0 saturated carbocycles. The van der Waals surface area contributed by atoms with E-state index in [2.05, 4.69) is 12.7 Å². The van der Waals surface area contributed by atoms with E-state index in [-0.39, 0.29) is 0 Å². The van der Waals surface area contributed by atoms with Gasteiger partial charge < -0.3 is 0 Å². The molecule has 1 nitrogen and oxygen atoms in total. The molecule has 0 atom stereocenters. The van der Waals surface area contributed by atoms with Crippen molar-refractivity contribution in [2.24, 2.45) is 0 Å². The highest BCUT2D eigenvalue weighted by Gasteiger charge is 1.95. The Morgan fingerprint density at radius 3 is 3.12 bits per heavy atom. The van der Waals surface area contributed by atoms with Crippen molar-refractivity contribution in [3.05, 3.63) is 36.6 Å². The van der Waals surface area contributed by atoms with Crippen LogP contribution >= 0.6 is 0 Å². The SMILES string of the molecule is C=C[C-]=C1C=CC=[O+]1. The summed E-state index contributed by atoms with van der Waals surface area (Å²) in [5.41, 5.74) is 0. The maximum absolute atomic E-state index is 4.89. The molecule has 40 valence electrons. The summed E-state index contributed by atoms with van der Waals surface area (Å²) in [6.45, 7) is 3.46. The lowest BCUT2D eigenvalue weighted by Gasteiger charge is -1.74. The lowest BCUT2D eigenvalue weighted by atomic mass is 10.4. The smallest absolute Gasteiger partial charge is 0.245 e. The zero-order valence-electron chi connectivity index (χ0n) is 4.42. The van der Waals surface area contributed by atoms with Crippen LogP contribution in [0.4, 0.5) is 0 Å². The Bertz CT molecular complexity index is 159. The molecule has 0 N–H and O–H groups in total. The minimum atomic E-state index is 0.722. The topological polar surface area (TPSA) is 11.3 Å². The molecule has 8 heavy (non-hydrogen) atoms. The second-order valence-electron chi connectivity index (χ2n) is 1.33. The minimum Gasteiger partial charge on any atom is -0.245 e. The van der Waals surface area contributed by atoms with Crippen LogP contribution in [0.15, 0.2) is 30.6 Å². The van der Waals surface area contributed by atoms with Crippen molar-refractivity contribution in [3.63, 3.8) is 0 Å². The quantitative estimate of drug-likeness (QED) is 0.270. The van der Waals surface area contributed by atoms with Gasteiger partial charge in [0.05, 0.1) is 0 Å². The predicted molar refractivity (Wildman–Crippen MR) is 32.2 cm³/mol. The summed E-state index contributed by atoms with van der Waals surface area (Å²) >= 11 is 0. The van der Waals surface area contributed by atoms with Crippen LogP contribution in [-0.2, 0) is 4.42 Å². The highest BCUT2D eigenvalue weighted by molar-refractivity contribution is 5.68. The third-order valence-corrected chi connectivity index (χ3v) is 0.765. The molecule has 1 aliphatic heterocycles. The van der Waals surface area contributed by atoms with Crippen LogP contribution in [0.5, 0.6) is 0 Å². The lowest BCUT2D eigenvalue weighted by Crippen LogP contribution is -1.68. The molecule has 0 amide bonds. The standard InChI is InChI=1S/C7H6O/c1-2-4-7-5-3-6-8-7/h2-3,5-6H,1H2. The van der Waals surface area contributed by atoms with Gasteiger partial charge in [0.1, 0.15) is 0 Å². The highest BCUT2D eigenvalue weighted by Crippen LogP contribution is 1.96. The van der Waals surface area contributed by atoms with Crippen LogP contribution in [0.2, 0.25) is 0 Å². The normalized spacial score (nSPS) is 20.2. The molecular weight excluding hydrogens is 100 g/mol. The Kier molecular flexibility index (Phi) is 1.42. The summed E-state index contributed by atoms with van der Waals surface area (Å²) in [6, 6.07) is 0. The molecule has 0 unspecified atom stereocenters. The molecular formula is C7H6O. The lowest BCUT2D eigenvalue weighted by molar-refractivity contribution is -0.381. The predicted octanol–water partition coefficient (Wildman–Crippen LogP) is 1.16. The number of hydrogen-bond donors (Lipinski definition) is 0. The third-order valence-electron chi connectivity index (χ3n) is 0.765. The average Bonchev–Trinajstić information content (AvgIpc) is 2.19. The second-order valence-corrected chi connectivity index (χ2v) is 1.33. The van der Waals surface area contributed by atoms with Crippen molar-refractivity contribution in [1.82, 2.24) is 0 Å². The Morgan fingerprint density at radius 1 is 1.75 bits per heavy atom.